The molecule has 0 unspecified atom stereocenters. The zero-order chi connectivity index (χ0) is 12.3. The van der Waals surface area contributed by atoms with Gasteiger partial charge in [0.05, 0.1) is 12.1 Å². The van der Waals surface area contributed by atoms with Gasteiger partial charge in [0.1, 0.15) is 12.3 Å². The second kappa shape index (κ2) is 4.70. The minimum atomic E-state index is -0.139. The zero-order valence-electron chi connectivity index (χ0n) is 10.6. The molecule has 2 rings (SSSR count). The predicted molar refractivity (Wildman–Crippen MR) is 71.0 cm³/mol. The number of hydrogen-bond acceptors (Lipinski definition) is 3. The molecule has 0 amide bonds. The van der Waals surface area contributed by atoms with Crippen molar-refractivity contribution in [1.29, 1.82) is 0 Å². The Labute approximate surface area is 102 Å². The predicted octanol–water partition coefficient (Wildman–Crippen LogP) is 2.70. The van der Waals surface area contributed by atoms with E-state index in [-0.39, 0.29) is 5.54 Å². The highest BCUT2D eigenvalue weighted by molar-refractivity contribution is 6.45. The van der Waals surface area contributed by atoms with Gasteiger partial charge in [0, 0.05) is 5.56 Å². The van der Waals surface area contributed by atoms with Gasteiger partial charge >= 0.3 is 0 Å². The Balaban J connectivity index is 2.41. The molecule has 1 aliphatic rings. The summed E-state index contributed by atoms with van der Waals surface area (Å²) in [5.74, 6) is 0.672. The van der Waals surface area contributed by atoms with E-state index in [1.165, 1.54) is 0 Å². The van der Waals surface area contributed by atoms with Gasteiger partial charge < -0.3 is 4.74 Å². The Morgan fingerprint density at radius 2 is 1.94 bits per heavy atom. The first-order valence-corrected chi connectivity index (χ1v) is 5.89. The maximum atomic E-state index is 5.53. The molecule has 0 radical (unpaired) electrons. The topological polar surface area (TPSA) is 34.0 Å². The fourth-order valence-corrected chi connectivity index (χ4v) is 1.65. The van der Waals surface area contributed by atoms with Crippen LogP contribution in [0, 0.1) is 0 Å². The molecule has 0 spiro atoms. The highest BCUT2D eigenvalue weighted by Crippen LogP contribution is 2.14. The van der Waals surface area contributed by atoms with Crippen molar-refractivity contribution in [2.75, 3.05) is 13.2 Å². The summed E-state index contributed by atoms with van der Waals surface area (Å²) in [6, 6.07) is 10.1. The van der Waals surface area contributed by atoms with Crippen LogP contribution in [0.2, 0.25) is 0 Å². The van der Waals surface area contributed by atoms with Crippen molar-refractivity contribution < 1.29 is 4.74 Å². The van der Waals surface area contributed by atoms with Gasteiger partial charge in [-0.05, 0) is 20.8 Å². The average Bonchev–Trinajstić information content (AvgIpc) is 2.79. The first kappa shape index (κ1) is 11.8. The Morgan fingerprint density at radius 1 is 1.24 bits per heavy atom. The summed E-state index contributed by atoms with van der Waals surface area (Å²) >= 11 is 0. The van der Waals surface area contributed by atoms with Crippen LogP contribution in [-0.2, 0) is 4.74 Å². The first-order chi connectivity index (χ1) is 8.06. The smallest absolute Gasteiger partial charge is 0.235 e. The lowest BCUT2D eigenvalue weighted by molar-refractivity contribution is 0.352. The van der Waals surface area contributed by atoms with Crippen LogP contribution in [0.15, 0.2) is 40.3 Å². The molecular weight excluding hydrogens is 212 g/mol. The molecule has 1 aromatic carbocycles. The highest BCUT2D eigenvalue weighted by atomic mass is 16.5. The molecule has 0 saturated carbocycles. The quantitative estimate of drug-likeness (QED) is 0.719. The van der Waals surface area contributed by atoms with E-state index in [4.69, 9.17) is 9.73 Å². The second-order valence-corrected chi connectivity index (χ2v) is 5.03. The summed E-state index contributed by atoms with van der Waals surface area (Å²) in [4.78, 5) is 9.08. The molecule has 0 aliphatic carbocycles. The monoisotopic (exact) mass is 230 g/mol. The van der Waals surface area contributed by atoms with E-state index in [1.807, 2.05) is 30.3 Å². The van der Waals surface area contributed by atoms with Gasteiger partial charge in [-0.1, -0.05) is 30.3 Å². The maximum absolute atomic E-state index is 5.53. The van der Waals surface area contributed by atoms with Crippen LogP contribution in [-0.4, -0.2) is 30.3 Å². The van der Waals surface area contributed by atoms with E-state index in [2.05, 4.69) is 25.8 Å². The van der Waals surface area contributed by atoms with Crippen molar-refractivity contribution >= 4 is 11.6 Å². The van der Waals surface area contributed by atoms with Crippen LogP contribution in [0.3, 0.4) is 0 Å². The van der Waals surface area contributed by atoms with Crippen LogP contribution >= 0.6 is 0 Å². The number of hydrogen-bond donors (Lipinski definition) is 0. The van der Waals surface area contributed by atoms with Gasteiger partial charge in [-0.3, -0.25) is 4.99 Å². The standard InChI is InChI=1S/C14H18N2O/c1-14(2,3)16-12(13-15-9-10-17-13)11-7-5-4-6-8-11/h4-8H,9-10H2,1-3H3/b16-12+. The highest BCUT2D eigenvalue weighted by Gasteiger charge is 2.20. The van der Waals surface area contributed by atoms with Gasteiger partial charge in [-0.2, -0.15) is 0 Å². The third kappa shape index (κ3) is 3.16. The fraction of sp³-hybridized carbons (Fsp3) is 0.429. The molecule has 3 nitrogen and oxygen atoms in total. The van der Waals surface area contributed by atoms with Crippen LogP contribution in [0.4, 0.5) is 0 Å². The van der Waals surface area contributed by atoms with Crippen molar-refractivity contribution in [3.63, 3.8) is 0 Å². The van der Waals surface area contributed by atoms with Crippen LogP contribution < -0.4 is 0 Å². The summed E-state index contributed by atoms with van der Waals surface area (Å²) in [7, 11) is 0. The number of benzene rings is 1. The lowest BCUT2D eigenvalue weighted by Gasteiger charge is -2.16. The third-order valence-electron chi connectivity index (χ3n) is 2.28. The fourth-order valence-electron chi connectivity index (χ4n) is 1.65. The average molecular weight is 230 g/mol. The van der Waals surface area contributed by atoms with E-state index in [1.54, 1.807) is 0 Å². The summed E-state index contributed by atoms with van der Waals surface area (Å²) in [5.41, 5.74) is 1.78. The van der Waals surface area contributed by atoms with Crippen molar-refractivity contribution in [2.24, 2.45) is 9.98 Å². The van der Waals surface area contributed by atoms with Crippen molar-refractivity contribution in [1.82, 2.24) is 0 Å². The minimum Gasteiger partial charge on any atom is -0.474 e. The Kier molecular flexibility index (Phi) is 3.27. The van der Waals surface area contributed by atoms with Gasteiger partial charge in [0.15, 0.2) is 0 Å². The molecule has 1 aromatic rings. The molecule has 3 heteroatoms. The molecule has 0 aromatic heterocycles. The number of rotatable bonds is 2. The molecule has 0 N–H and O–H groups in total. The van der Waals surface area contributed by atoms with Crippen molar-refractivity contribution in [3.8, 4) is 0 Å². The Bertz CT molecular complexity index is 441. The van der Waals surface area contributed by atoms with Crippen molar-refractivity contribution in [2.45, 2.75) is 26.3 Å². The van der Waals surface area contributed by atoms with Crippen LogP contribution in [0.1, 0.15) is 26.3 Å². The van der Waals surface area contributed by atoms with Gasteiger partial charge in [-0.15, -0.1) is 0 Å². The lowest BCUT2D eigenvalue weighted by Crippen LogP contribution is -2.22. The third-order valence-corrected chi connectivity index (χ3v) is 2.28. The zero-order valence-corrected chi connectivity index (χ0v) is 10.6. The number of nitrogens with zero attached hydrogens (tertiary/aromatic N) is 2. The Hall–Kier alpha value is -1.64. The van der Waals surface area contributed by atoms with Crippen LogP contribution in [0.5, 0.6) is 0 Å². The molecule has 1 aliphatic heterocycles. The van der Waals surface area contributed by atoms with E-state index in [9.17, 15) is 0 Å². The van der Waals surface area contributed by atoms with E-state index < -0.39 is 0 Å². The van der Waals surface area contributed by atoms with Crippen LogP contribution in [0.25, 0.3) is 0 Å². The van der Waals surface area contributed by atoms with Gasteiger partial charge in [-0.25, -0.2) is 4.99 Å². The van der Waals surface area contributed by atoms with E-state index >= 15 is 0 Å². The minimum absolute atomic E-state index is 0.139. The number of ether oxygens (including phenoxy) is 1. The van der Waals surface area contributed by atoms with E-state index in [0.717, 1.165) is 17.8 Å². The largest absolute Gasteiger partial charge is 0.474 e. The molecule has 1 heterocycles. The first-order valence-electron chi connectivity index (χ1n) is 5.89. The lowest BCUT2D eigenvalue weighted by atomic mass is 10.1. The molecule has 0 bridgehead atoms. The van der Waals surface area contributed by atoms with E-state index in [0.29, 0.717) is 12.5 Å². The normalized spacial score (nSPS) is 16.6. The number of aliphatic imine (C=N–C) groups is 2. The molecule has 0 atom stereocenters. The molecule has 90 valence electrons. The summed E-state index contributed by atoms with van der Waals surface area (Å²) in [6.45, 7) is 7.61. The summed E-state index contributed by atoms with van der Waals surface area (Å²) < 4.78 is 5.53. The molecular formula is C14H18N2O. The molecule has 0 saturated heterocycles. The molecule has 17 heavy (non-hydrogen) atoms. The summed E-state index contributed by atoms with van der Waals surface area (Å²) in [5, 5.41) is 0. The second-order valence-electron chi connectivity index (χ2n) is 5.03. The summed E-state index contributed by atoms with van der Waals surface area (Å²) in [6.07, 6.45) is 0. The molecule has 0 fully saturated rings. The maximum Gasteiger partial charge on any atom is 0.235 e. The SMILES string of the molecule is CC(C)(C)/N=C(/C1=NCCO1)c1ccccc1. The van der Waals surface area contributed by atoms with Gasteiger partial charge in [0.25, 0.3) is 0 Å². The Morgan fingerprint density at radius 3 is 2.47 bits per heavy atom. The van der Waals surface area contributed by atoms with Gasteiger partial charge in [0.2, 0.25) is 5.90 Å². The van der Waals surface area contributed by atoms with Crippen molar-refractivity contribution in [3.05, 3.63) is 35.9 Å².